The second kappa shape index (κ2) is 6.92. The van der Waals surface area contributed by atoms with Gasteiger partial charge in [-0.15, -0.1) is 0 Å². The Morgan fingerprint density at radius 1 is 1.42 bits per heavy atom. The lowest BCUT2D eigenvalue weighted by Gasteiger charge is -2.35. The highest BCUT2D eigenvalue weighted by molar-refractivity contribution is 7.90. The smallest absolute Gasteiger partial charge is 0.239 e. The van der Waals surface area contributed by atoms with Crippen LogP contribution in [0.4, 0.5) is 0 Å². The number of H-pyrrole nitrogens is 1. The van der Waals surface area contributed by atoms with Gasteiger partial charge in [0, 0.05) is 23.6 Å². The minimum absolute atomic E-state index is 0.169. The molecule has 2 heterocycles. The van der Waals surface area contributed by atoms with Crippen molar-refractivity contribution in [2.24, 2.45) is 0 Å². The molecule has 24 heavy (non-hydrogen) atoms. The summed E-state index contributed by atoms with van der Waals surface area (Å²) in [5, 5.41) is 1.11. The van der Waals surface area contributed by atoms with Gasteiger partial charge in [-0.05, 0) is 25.1 Å². The molecular formula is C16H21N3O4S. The molecule has 1 saturated heterocycles. The normalized spacial score (nSPS) is 18.9. The van der Waals surface area contributed by atoms with E-state index in [-0.39, 0.29) is 6.04 Å². The highest BCUT2D eigenvalue weighted by Crippen LogP contribution is 2.22. The van der Waals surface area contributed by atoms with Gasteiger partial charge in [-0.25, -0.2) is 13.1 Å². The van der Waals surface area contributed by atoms with Crippen LogP contribution in [0.3, 0.4) is 0 Å². The van der Waals surface area contributed by atoms with Crippen molar-refractivity contribution < 1.29 is 17.9 Å². The summed E-state index contributed by atoms with van der Waals surface area (Å²) in [6, 6.07) is 7.79. The molecule has 1 atom stereocenters. The van der Waals surface area contributed by atoms with Crippen molar-refractivity contribution in [2.75, 3.05) is 32.6 Å². The van der Waals surface area contributed by atoms with Gasteiger partial charge in [0.1, 0.15) is 5.75 Å². The molecule has 1 fully saturated rings. The zero-order chi connectivity index (χ0) is 17.2. The molecule has 1 amide bonds. The molecule has 0 saturated carbocycles. The summed E-state index contributed by atoms with van der Waals surface area (Å²) in [6.45, 7) is 1.24. The highest BCUT2D eigenvalue weighted by atomic mass is 32.2. The summed E-state index contributed by atoms with van der Waals surface area (Å²) >= 11 is 0. The number of ether oxygens (including phenoxy) is 1. The number of rotatable bonds is 5. The third-order valence-corrected chi connectivity index (χ3v) is 5.55. The van der Waals surface area contributed by atoms with Crippen LogP contribution >= 0.6 is 0 Å². The van der Waals surface area contributed by atoms with Crippen molar-refractivity contribution in [1.82, 2.24) is 14.6 Å². The maximum atomic E-state index is 12.4. The number of para-hydroxylation sites is 1. The molecule has 2 aromatic rings. The average molecular weight is 351 g/mol. The van der Waals surface area contributed by atoms with E-state index in [0.717, 1.165) is 16.5 Å². The molecule has 0 spiro atoms. The number of amides is 1. The van der Waals surface area contributed by atoms with Crippen molar-refractivity contribution in [1.29, 1.82) is 0 Å². The molecule has 1 aliphatic heterocycles. The third-order valence-electron chi connectivity index (χ3n) is 4.30. The maximum absolute atomic E-state index is 12.4. The van der Waals surface area contributed by atoms with Crippen molar-refractivity contribution >= 4 is 26.8 Å². The number of aromatic amines is 1. The van der Waals surface area contributed by atoms with Crippen LogP contribution in [0.2, 0.25) is 0 Å². The lowest BCUT2D eigenvalue weighted by molar-refractivity contribution is -0.136. The molecule has 0 bridgehead atoms. The minimum Gasteiger partial charge on any atom is -0.377 e. The van der Waals surface area contributed by atoms with E-state index in [1.54, 1.807) is 4.90 Å². The van der Waals surface area contributed by atoms with Gasteiger partial charge >= 0.3 is 0 Å². The number of carbonyl (C=O) groups is 1. The predicted molar refractivity (Wildman–Crippen MR) is 91.2 cm³/mol. The molecule has 1 aromatic heterocycles. The van der Waals surface area contributed by atoms with E-state index in [4.69, 9.17) is 4.74 Å². The van der Waals surface area contributed by atoms with Gasteiger partial charge in [-0.1, -0.05) is 18.2 Å². The van der Waals surface area contributed by atoms with Gasteiger partial charge in [-0.2, -0.15) is 0 Å². The van der Waals surface area contributed by atoms with E-state index in [1.165, 1.54) is 7.05 Å². The molecule has 130 valence electrons. The summed E-state index contributed by atoms with van der Waals surface area (Å²) in [4.78, 5) is 17.3. The van der Waals surface area contributed by atoms with Gasteiger partial charge in [0.2, 0.25) is 15.9 Å². The van der Waals surface area contributed by atoms with E-state index in [0.29, 0.717) is 26.2 Å². The second-order valence-electron chi connectivity index (χ2n) is 5.84. The molecular weight excluding hydrogens is 330 g/mol. The van der Waals surface area contributed by atoms with Crippen molar-refractivity contribution in [3.8, 4) is 0 Å². The second-order valence-corrected chi connectivity index (χ2v) is 7.77. The zero-order valence-corrected chi connectivity index (χ0v) is 14.3. The zero-order valence-electron chi connectivity index (χ0n) is 13.5. The molecule has 7 nitrogen and oxygen atoms in total. The Morgan fingerprint density at radius 3 is 3.00 bits per heavy atom. The van der Waals surface area contributed by atoms with Crippen LogP contribution in [0.15, 0.2) is 30.5 Å². The average Bonchev–Trinajstić information content (AvgIpc) is 2.98. The van der Waals surface area contributed by atoms with Crippen LogP contribution in [0.1, 0.15) is 5.56 Å². The van der Waals surface area contributed by atoms with Crippen molar-refractivity contribution in [3.63, 3.8) is 0 Å². The van der Waals surface area contributed by atoms with E-state index >= 15 is 0 Å². The van der Waals surface area contributed by atoms with Gasteiger partial charge in [-0.3, -0.25) is 4.79 Å². The fourth-order valence-electron chi connectivity index (χ4n) is 3.02. The van der Waals surface area contributed by atoms with Crippen LogP contribution in [0.5, 0.6) is 0 Å². The topological polar surface area (TPSA) is 91.5 Å². The standard InChI is InChI=1S/C16H21N3O4S/c1-17-24(21,22)11-16(20)19-6-7-23-10-13(19)8-12-9-18-15-5-3-2-4-14(12)15/h2-5,9,13,17-18H,6-8,10-11H2,1H3. The summed E-state index contributed by atoms with van der Waals surface area (Å²) in [7, 11) is -2.27. The number of hydrogen-bond acceptors (Lipinski definition) is 4. The largest absolute Gasteiger partial charge is 0.377 e. The molecule has 3 rings (SSSR count). The lowest BCUT2D eigenvalue weighted by atomic mass is 10.0. The molecule has 1 aromatic carbocycles. The number of hydrogen-bond donors (Lipinski definition) is 2. The fraction of sp³-hybridized carbons (Fsp3) is 0.438. The summed E-state index contributed by atoms with van der Waals surface area (Å²) in [5.41, 5.74) is 2.13. The quantitative estimate of drug-likeness (QED) is 0.820. The summed E-state index contributed by atoms with van der Waals surface area (Å²) in [5.74, 6) is -0.925. The van der Waals surface area contributed by atoms with Crippen LogP contribution in [0.25, 0.3) is 10.9 Å². The minimum atomic E-state index is -3.58. The van der Waals surface area contributed by atoms with Gasteiger partial charge in [0.05, 0.1) is 19.3 Å². The summed E-state index contributed by atoms with van der Waals surface area (Å²) < 4.78 is 31.0. The van der Waals surface area contributed by atoms with E-state index in [1.807, 2.05) is 30.5 Å². The maximum Gasteiger partial charge on any atom is 0.239 e. The number of benzene rings is 1. The molecule has 1 unspecified atom stereocenters. The Morgan fingerprint density at radius 2 is 2.21 bits per heavy atom. The molecule has 8 heteroatoms. The molecule has 0 aliphatic carbocycles. The first-order valence-electron chi connectivity index (χ1n) is 7.83. The van der Waals surface area contributed by atoms with E-state index in [9.17, 15) is 13.2 Å². The number of nitrogens with one attached hydrogen (secondary N) is 2. The number of morpholine rings is 1. The lowest BCUT2D eigenvalue weighted by Crippen LogP contribution is -2.52. The Labute approximate surface area is 141 Å². The number of nitrogens with zero attached hydrogens (tertiary/aromatic N) is 1. The monoisotopic (exact) mass is 351 g/mol. The molecule has 0 radical (unpaired) electrons. The fourth-order valence-corrected chi connectivity index (χ4v) is 3.66. The highest BCUT2D eigenvalue weighted by Gasteiger charge is 2.30. The Balaban J connectivity index is 1.78. The Bertz CT molecular complexity index is 831. The Hall–Kier alpha value is -1.90. The first-order chi connectivity index (χ1) is 11.5. The van der Waals surface area contributed by atoms with E-state index in [2.05, 4.69) is 9.71 Å². The SMILES string of the molecule is CNS(=O)(=O)CC(=O)N1CCOCC1Cc1c[nH]c2ccccc12. The van der Waals surface area contributed by atoms with Crippen LogP contribution < -0.4 is 4.72 Å². The molecule has 1 aliphatic rings. The van der Waals surface area contributed by atoms with E-state index < -0.39 is 21.7 Å². The van der Waals surface area contributed by atoms with Crippen LogP contribution in [-0.2, 0) is 26.0 Å². The first-order valence-corrected chi connectivity index (χ1v) is 9.49. The van der Waals surface area contributed by atoms with Crippen LogP contribution in [0, 0.1) is 0 Å². The number of fused-ring (bicyclic) bond motifs is 1. The summed E-state index contributed by atoms with van der Waals surface area (Å²) in [6.07, 6.45) is 2.56. The Kier molecular flexibility index (Phi) is 4.88. The van der Waals surface area contributed by atoms with Gasteiger partial charge < -0.3 is 14.6 Å². The number of sulfonamides is 1. The third kappa shape index (κ3) is 3.61. The van der Waals surface area contributed by atoms with Crippen LogP contribution in [-0.4, -0.2) is 62.8 Å². The number of aromatic nitrogens is 1. The van der Waals surface area contributed by atoms with Gasteiger partial charge in [0.25, 0.3) is 0 Å². The van der Waals surface area contributed by atoms with Crippen molar-refractivity contribution in [3.05, 3.63) is 36.0 Å². The molecule has 2 N–H and O–H groups in total. The van der Waals surface area contributed by atoms with Crippen molar-refractivity contribution in [2.45, 2.75) is 12.5 Å². The van der Waals surface area contributed by atoms with Gasteiger partial charge in [0.15, 0.2) is 0 Å². The first kappa shape index (κ1) is 16.9. The number of carbonyl (C=O) groups excluding carboxylic acids is 1. The predicted octanol–water partition coefficient (Wildman–Crippen LogP) is 0.487.